The molecule has 2 atom stereocenters. The van der Waals surface area contributed by atoms with Crippen molar-refractivity contribution in [2.45, 2.75) is 19.1 Å². The molecule has 1 aliphatic rings. The maximum absolute atomic E-state index is 12.1. The van der Waals surface area contributed by atoms with Gasteiger partial charge in [-0.25, -0.2) is 13.8 Å². The van der Waals surface area contributed by atoms with Gasteiger partial charge in [-0.2, -0.15) is 10.1 Å². The molecule has 4 rings (SSSR count). The number of nitrogens with zero attached hydrogens (tertiary/aromatic N) is 5. The molecule has 0 fully saturated rings. The Labute approximate surface area is 187 Å². The molecule has 2 aromatic carbocycles. The number of anilines is 1. The average Bonchev–Trinajstić information content (AvgIpc) is 3.06. The Morgan fingerprint density at radius 1 is 1.16 bits per heavy atom. The van der Waals surface area contributed by atoms with Crippen molar-refractivity contribution in [2.24, 2.45) is 12.1 Å². The fourth-order valence-corrected chi connectivity index (χ4v) is 4.53. The molecular weight excluding hydrogens is 434 g/mol. The van der Waals surface area contributed by atoms with Crippen LogP contribution in [0.3, 0.4) is 0 Å². The van der Waals surface area contributed by atoms with Gasteiger partial charge in [-0.1, -0.05) is 12.1 Å². The molecular formula is C21H21N5O5S. The molecule has 166 valence electrons. The second-order valence-corrected chi connectivity index (χ2v) is 8.28. The van der Waals surface area contributed by atoms with Gasteiger partial charge in [-0.15, -0.1) is 0 Å². The molecule has 0 radical (unpaired) electrons. The van der Waals surface area contributed by atoms with Gasteiger partial charge in [0.1, 0.15) is 11.9 Å². The molecule has 1 aromatic heterocycles. The Bertz CT molecular complexity index is 1250. The van der Waals surface area contributed by atoms with E-state index in [0.717, 1.165) is 11.1 Å². The topological polar surface area (TPSA) is 112 Å². The zero-order chi connectivity index (χ0) is 23.0. The predicted molar refractivity (Wildman–Crippen MR) is 121 cm³/mol. The SMILES string of the molecule is COc1cccc2c1[C@@H](OC)[C@H](C)N(c1nc(=O)n(C)s1)N=C2c1ccc([N+](=O)[O-])cc1. The van der Waals surface area contributed by atoms with Crippen LogP contribution >= 0.6 is 11.5 Å². The molecule has 0 spiro atoms. The summed E-state index contributed by atoms with van der Waals surface area (Å²) in [4.78, 5) is 26.9. The molecule has 0 aliphatic carbocycles. The lowest BCUT2D eigenvalue weighted by Gasteiger charge is -2.29. The van der Waals surface area contributed by atoms with E-state index in [0.29, 0.717) is 22.2 Å². The van der Waals surface area contributed by atoms with Gasteiger partial charge in [0, 0.05) is 43.0 Å². The van der Waals surface area contributed by atoms with Crippen LogP contribution in [0, 0.1) is 10.1 Å². The third kappa shape index (κ3) is 3.65. The van der Waals surface area contributed by atoms with Crippen LogP contribution in [-0.2, 0) is 11.8 Å². The van der Waals surface area contributed by atoms with Crippen molar-refractivity contribution in [1.82, 2.24) is 8.94 Å². The molecule has 3 aromatic rings. The smallest absolute Gasteiger partial charge is 0.359 e. The molecule has 0 N–H and O–H groups in total. The van der Waals surface area contributed by atoms with Crippen molar-refractivity contribution < 1.29 is 14.4 Å². The van der Waals surface area contributed by atoms with Gasteiger partial charge >= 0.3 is 5.69 Å². The maximum Gasteiger partial charge on any atom is 0.359 e. The van der Waals surface area contributed by atoms with Gasteiger partial charge in [0.05, 0.1) is 23.8 Å². The first-order valence-electron chi connectivity index (χ1n) is 9.72. The van der Waals surface area contributed by atoms with Crippen LogP contribution in [0.25, 0.3) is 0 Å². The first kappa shape index (κ1) is 21.7. The molecule has 2 heterocycles. The minimum absolute atomic E-state index is 0.0169. The zero-order valence-corrected chi connectivity index (χ0v) is 18.7. The molecule has 0 amide bonds. The largest absolute Gasteiger partial charge is 0.496 e. The number of fused-ring (bicyclic) bond motifs is 1. The summed E-state index contributed by atoms with van der Waals surface area (Å²) in [6.07, 6.45) is -0.454. The summed E-state index contributed by atoms with van der Waals surface area (Å²) in [6, 6.07) is 11.4. The predicted octanol–water partition coefficient (Wildman–Crippen LogP) is 3.11. The number of rotatable bonds is 5. The summed E-state index contributed by atoms with van der Waals surface area (Å²) in [5.41, 5.74) is 2.40. The Morgan fingerprint density at radius 3 is 2.44 bits per heavy atom. The fraction of sp³-hybridized carbons (Fsp3) is 0.286. The van der Waals surface area contributed by atoms with E-state index in [1.54, 1.807) is 38.4 Å². The van der Waals surface area contributed by atoms with Gasteiger partial charge in [0.25, 0.3) is 5.69 Å². The summed E-state index contributed by atoms with van der Waals surface area (Å²) < 4.78 is 12.9. The number of nitro groups is 1. The number of hydrazone groups is 1. The lowest BCUT2D eigenvalue weighted by Crippen LogP contribution is -2.34. The van der Waals surface area contributed by atoms with E-state index >= 15 is 0 Å². The second kappa shape index (κ2) is 8.52. The second-order valence-electron chi connectivity index (χ2n) is 7.18. The highest BCUT2D eigenvalue weighted by atomic mass is 32.1. The van der Waals surface area contributed by atoms with E-state index < -0.39 is 11.0 Å². The van der Waals surface area contributed by atoms with Gasteiger partial charge in [-0.3, -0.25) is 10.1 Å². The van der Waals surface area contributed by atoms with Crippen LogP contribution in [0.15, 0.2) is 52.4 Å². The van der Waals surface area contributed by atoms with Crippen LogP contribution in [-0.4, -0.2) is 39.8 Å². The minimum Gasteiger partial charge on any atom is -0.496 e. The van der Waals surface area contributed by atoms with E-state index in [1.165, 1.54) is 27.6 Å². The Hall–Kier alpha value is -3.57. The van der Waals surface area contributed by atoms with Gasteiger partial charge in [0.15, 0.2) is 0 Å². The van der Waals surface area contributed by atoms with Crippen LogP contribution in [0.5, 0.6) is 5.75 Å². The lowest BCUT2D eigenvalue weighted by molar-refractivity contribution is -0.384. The first-order chi connectivity index (χ1) is 15.3. The van der Waals surface area contributed by atoms with Gasteiger partial charge < -0.3 is 9.47 Å². The average molecular weight is 455 g/mol. The molecule has 11 heteroatoms. The molecule has 0 bridgehead atoms. The molecule has 0 saturated carbocycles. The quantitative estimate of drug-likeness (QED) is 0.429. The van der Waals surface area contributed by atoms with E-state index in [1.807, 2.05) is 25.1 Å². The van der Waals surface area contributed by atoms with Crippen molar-refractivity contribution in [3.8, 4) is 5.75 Å². The fourth-order valence-electron chi connectivity index (χ4n) is 3.76. The summed E-state index contributed by atoms with van der Waals surface area (Å²) in [5.74, 6) is 0.631. The third-order valence-electron chi connectivity index (χ3n) is 5.34. The standard InChI is InChI=1S/C21H21N5O5S/c1-12-19(31-4)17-15(6-5-7-16(17)30-3)18(13-8-10-14(11-9-13)26(28)29)23-25(12)21-22-20(27)24(2)32-21/h5-12,19H,1-4H3/t12-,19-/m0/s1. The third-order valence-corrected chi connectivity index (χ3v) is 6.21. The number of benzene rings is 2. The van der Waals surface area contributed by atoms with Crippen LogP contribution < -0.4 is 15.4 Å². The monoisotopic (exact) mass is 455 g/mol. The number of hydrogen-bond donors (Lipinski definition) is 0. The molecule has 1 aliphatic heterocycles. The zero-order valence-electron chi connectivity index (χ0n) is 17.9. The van der Waals surface area contributed by atoms with E-state index in [2.05, 4.69) is 4.98 Å². The van der Waals surface area contributed by atoms with E-state index in [-0.39, 0.29) is 17.4 Å². The number of aromatic nitrogens is 2. The first-order valence-corrected chi connectivity index (χ1v) is 10.5. The highest BCUT2D eigenvalue weighted by molar-refractivity contribution is 7.10. The van der Waals surface area contributed by atoms with Crippen LogP contribution in [0.2, 0.25) is 0 Å². The van der Waals surface area contributed by atoms with Crippen molar-refractivity contribution in [3.63, 3.8) is 0 Å². The lowest BCUT2D eigenvalue weighted by atomic mass is 9.92. The van der Waals surface area contributed by atoms with Crippen LogP contribution in [0.4, 0.5) is 10.8 Å². The van der Waals surface area contributed by atoms with Crippen molar-refractivity contribution in [2.75, 3.05) is 19.2 Å². The molecule has 10 nitrogen and oxygen atoms in total. The Balaban J connectivity index is 1.98. The minimum atomic E-state index is -0.454. The van der Waals surface area contributed by atoms with Crippen molar-refractivity contribution in [3.05, 3.63) is 79.8 Å². The number of methoxy groups -OCH3 is 2. The number of non-ortho nitro benzene ring substituents is 1. The normalized spacial score (nSPS) is 18.0. The molecule has 0 unspecified atom stereocenters. The molecule has 0 saturated heterocycles. The van der Waals surface area contributed by atoms with Crippen molar-refractivity contribution in [1.29, 1.82) is 0 Å². The Morgan fingerprint density at radius 2 is 1.88 bits per heavy atom. The Kier molecular flexibility index (Phi) is 5.76. The van der Waals surface area contributed by atoms with Gasteiger partial charge in [0.2, 0.25) is 5.13 Å². The highest BCUT2D eigenvalue weighted by Gasteiger charge is 2.36. The molecule has 32 heavy (non-hydrogen) atoms. The number of nitro benzene ring substituents is 1. The van der Waals surface area contributed by atoms with E-state index in [4.69, 9.17) is 14.6 Å². The summed E-state index contributed by atoms with van der Waals surface area (Å²) in [7, 11) is 4.83. The van der Waals surface area contributed by atoms with Crippen LogP contribution in [0.1, 0.15) is 29.7 Å². The summed E-state index contributed by atoms with van der Waals surface area (Å²) in [6.45, 7) is 1.93. The number of aryl methyl sites for hydroxylation is 1. The van der Waals surface area contributed by atoms with Gasteiger partial charge in [-0.05, 0) is 36.7 Å². The van der Waals surface area contributed by atoms with E-state index in [9.17, 15) is 14.9 Å². The highest BCUT2D eigenvalue weighted by Crippen LogP contribution is 2.40. The summed E-state index contributed by atoms with van der Waals surface area (Å²) >= 11 is 1.17. The number of ether oxygens (including phenoxy) is 2. The maximum atomic E-state index is 12.1. The summed E-state index contributed by atoms with van der Waals surface area (Å²) in [5, 5.41) is 18.1. The van der Waals surface area contributed by atoms with Crippen molar-refractivity contribution >= 4 is 28.1 Å². The number of hydrogen-bond acceptors (Lipinski definition) is 9.